The highest BCUT2D eigenvalue weighted by Gasteiger charge is 2.41. The first-order valence-corrected chi connectivity index (χ1v) is 9.30. The molecule has 0 N–H and O–H groups in total. The Bertz CT molecular complexity index is 1380. The molecule has 0 spiro atoms. The van der Waals surface area contributed by atoms with Crippen molar-refractivity contribution < 1.29 is 24.4 Å². The van der Waals surface area contributed by atoms with Crippen molar-refractivity contribution in [1.82, 2.24) is 0 Å². The van der Waals surface area contributed by atoms with Crippen molar-refractivity contribution in [1.29, 1.82) is 0 Å². The molecule has 0 bridgehead atoms. The number of nitrogens with zero attached hydrogens (tertiary/aromatic N) is 5. The van der Waals surface area contributed by atoms with Gasteiger partial charge in [-0.1, -0.05) is 12.1 Å². The molecule has 0 aliphatic heterocycles. The number of non-ortho nitro benzene ring substituents is 2. The predicted octanol–water partition coefficient (Wildman–Crippen LogP) is 4.48. The molecule has 1 aliphatic carbocycles. The molecule has 1 aliphatic rings. The summed E-state index contributed by atoms with van der Waals surface area (Å²) in [5.74, 6) is 0.268. The number of aliphatic imine (C=N–C) groups is 1. The van der Waals surface area contributed by atoms with E-state index in [4.69, 9.17) is 4.74 Å². The Morgan fingerprint density at radius 3 is 1.59 bits per heavy atom. The van der Waals surface area contributed by atoms with Crippen LogP contribution in [0.15, 0.2) is 53.5 Å². The van der Waals surface area contributed by atoms with Crippen LogP contribution < -0.4 is 4.74 Å². The van der Waals surface area contributed by atoms with Crippen LogP contribution in [0.4, 0.5) is 28.4 Å². The molecule has 0 saturated heterocycles. The first-order chi connectivity index (χ1) is 16.1. The van der Waals surface area contributed by atoms with Crippen LogP contribution in [0.3, 0.4) is 0 Å². The Morgan fingerprint density at radius 1 is 0.706 bits per heavy atom. The Labute approximate surface area is 188 Å². The zero-order valence-electron chi connectivity index (χ0n) is 17.0. The molecule has 3 aromatic carbocycles. The number of hydrogen-bond acceptors (Lipinski definition) is 10. The van der Waals surface area contributed by atoms with Crippen LogP contribution in [0.25, 0.3) is 11.1 Å². The van der Waals surface area contributed by atoms with E-state index in [0.29, 0.717) is 12.1 Å². The lowest BCUT2D eigenvalue weighted by atomic mass is 10.0. The summed E-state index contributed by atoms with van der Waals surface area (Å²) in [7, 11) is 1.36. The van der Waals surface area contributed by atoms with Gasteiger partial charge in [0.05, 0.1) is 55.8 Å². The summed E-state index contributed by atoms with van der Waals surface area (Å²) >= 11 is 0. The van der Waals surface area contributed by atoms with Gasteiger partial charge in [0.2, 0.25) is 0 Å². The van der Waals surface area contributed by atoms with Crippen LogP contribution in [0.5, 0.6) is 5.75 Å². The summed E-state index contributed by atoms with van der Waals surface area (Å²) in [5.41, 5.74) is -3.67. The van der Waals surface area contributed by atoms with Crippen LogP contribution in [-0.4, -0.2) is 32.5 Å². The molecule has 0 heterocycles. The van der Waals surface area contributed by atoms with E-state index in [1.165, 1.54) is 13.2 Å². The van der Waals surface area contributed by atoms with E-state index in [1.807, 2.05) is 0 Å². The van der Waals surface area contributed by atoms with Gasteiger partial charge in [0.15, 0.2) is 0 Å². The summed E-state index contributed by atoms with van der Waals surface area (Å²) in [6, 6.07) is 9.66. The van der Waals surface area contributed by atoms with Crippen molar-refractivity contribution in [2.75, 3.05) is 7.11 Å². The average molecular weight is 465 g/mol. The van der Waals surface area contributed by atoms with E-state index in [2.05, 4.69) is 4.99 Å². The summed E-state index contributed by atoms with van der Waals surface area (Å²) in [6.45, 7) is 0. The largest absolute Gasteiger partial charge is 0.494 e. The van der Waals surface area contributed by atoms with Crippen LogP contribution in [0, 0.1) is 40.5 Å². The predicted molar refractivity (Wildman–Crippen MR) is 117 cm³/mol. The molecule has 3 aromatic rings. The number of rotatable bonds is 6. The van der Waals surface area contributed by atoms with Gasteiger partial charge in [-0.3, -0.25) is 40.5 Å². The Hall–Kier alpha value is -5.27. The second-order valence-corrected chi connectivity index (χ2v) is 6.94. The quantitative estimate of drug-likeness (QED) is 0.291. The number of para-hydroxylation sites is 2. The molecule has 0 fully saturated rings. The molecular formula is C20H11N5O9. The monoisotopic (exact) mass is 465 g/mol. The molecule has 0 unspecified atom stereocenters. The zero-order chi connectivity index (χ0) is 24.7. The van der Waals surface area contributed by atoms with E-state index in [0.717, 1.165) is 12.1 Å². The maximum Gasteiger partial charge on any atom is 0.285 e. The van der Waals surface area contributed by atoms with E-state index in [9.17, 15) is 40.5 Å². The normalized spacial score (nSPS) is 11.4. The minimum absolute atomic E-state index is 0.145. The minimum Gasteiger partial charge on any atom is -0.494 e. The van der Waals surface area contributed by atoms with Gasteiger partial charge >= 0.3 is 0 Å². The molecular weight excluding hydrogens is 454 g/mol. The van der Waals surface area contributed by atoms with Crippen molar-refractivity contribution >= 4 is 34.1 Å². The second-order valence-electron chi connectivity index (χ2n) is 6.94. The molecule has 14 heteroatoms. The number of methoxy groups -OCH3 is 1. The molecule has 14 nitrogen and oxygen atoms in total. The highest BCUT2D eigenvalue weighted by molar-refractivity contribution is 6.28. The standard InChI is InChI=1S/C20H11N5O9/c1-34-17-5-3-2-4-14(17)21-20-12-6-10(22(26)27)8-15(24(30)31)18(12)19-13(20)7-11(23(28)29)9-16(19)25(32)33/h2-9H,1H3. The highest BCUT2D eigenvalue weighted by Crippen LogP contribution is 2.50. The molecule has 0 aromatic heterocycles. The van der Waals surface area contributed by atoms with Crippen LogP contribution >= 0.6 is 0 Å². The van der Waals surface area contributed by atoms with Gasteiger partial charge in [0.25, 0.3) is 22.7 Å². The Balaban J connectivity index is 2.21. The third kappa shape index (κ3) is 3.44. The third-order valence-corrected chi connectivity index (χ3v) is 5.10. The first kappa shape index (κ1) is 21.9. The third-order valence-electron chi connectivity index (χ3n) is 5.10. The van der Waals surface area contributed by atoms with Crippen LogP contribution in [0.2, 0.25) is 0 Å². The summed E-state index contributed by atoms with van der Waals surface area (Å²) in [5, 5.41) is 46.5. The fraction of sp³-hybridized carbons (Fsp3) is 0.0500. The van der Waals surface area contributed by atoms with E-state index < -0.39 is 42.4 Å². The maximum atomic E-state index is 11.8. The van der Waals surface area contributed by atoms with E-state index >= 15 is 0 Å². The van der Waals surface area contributed by atoms with Crippen molar-refractivity contribution in [3.8, 4) is 16.9 Å². The number of nitro groups is 4. The van der Waals surface area contributed by atoms with Gasteiger partial charge in [-0.25, -0.2) is 4.99 Å². The van der Waals surface area contributed by atoms with E-state index in [1.54, 1.807) is 18.2 Å². The lowest BCUT2D eigenvalue weighted by Crippen LogP contribution is -2.02. The summed E-state index contributed by atoms with van der Waals surface area (Å²) < 4.78 is 5.24. The lowest BCUT2D eigenvalue weighted by Gasteiger charge is -2.06. The number of ether oxygens (including phenoxy) is 1. The van der Waals surface area contributed by atoms with E-state index in [-0.39, 0.29) is 39.4 Å². The average Bonchev–Trinajstić information content (AvgIpc) is 3.11. The summed E-state index contributed by atoms with van der Waals surface area (Å²) in [4.78, 5) is 47.4. The van der Waals surface area contributed by atoms with Crippen molar-refractivity contribution in [3.05, 3.63) is 100 Å². The van der Waals surface area contributed by atoms with Gasteiger partial charge in [0.1, 0.15) is 11.4 Å². The SMILES string of the molecule is COc1ccccc1N=C1c2cc([N+](=O)[O-])cc([N+](=O)[O-])c2-c2c1cc([N+](=O)[O-])cc2[N+](=O)[O-]. The van der Waals surface area contributed by atoms with Crippen LogP contribution in [0.1, 0.15) is 11.1 Å². The molecule has 4 rings (SSSR count). The van der Waals surface area contributed by atoms with Crippen LogP contribution in [-0.2, 0) is 0 Å². The van der Waals surface area contributed by atoms with Gasteiger partial charge in [-0.2, -0.15) is 0 Å². The fourth-order valence-electron chi connectivity index (χ4n) is 3.73. The topological polar surface area (TPSA) is 194 Å². The first-order valence-electron chi connectivity index (χ1n) is 9.30. The number of nitro benzene ring substituents is 4. The Kier molecular flexibility index (Phi) is 5.17. The van der Waals surface area contributed by atoms with Gasteiger partial charge in [-0.05, 0) is 12.1 Å². The van der Waals surface area contributed by atoms with Crippen molar-refractivity contribution in [2.24, 2.45) is 4.99 Å². The zero-order valence-corrected chi connectivity index (χ0v) is 17.0. The highest BCUT2D eigenvalue weighted by atomic mass is 16.6. The van der Waals surface area contributed by atoms with Crippen molar-refractivity contribution in [2.45, 2.75) is 0 Å². The molecule has 34 heavy (non-hydrogen) atoms. The van der Waals surface area contributed by atoms with Gasteiger partial charge < -0.3 is 4.74 Å². The number of fused-ring (bicyclic) bond motifs is 3. The number of benzene rings is 3. The van der Waals surface area contributed by atoms with Crippen molar-refractivity contribution in [3.63, 3.8) is 0 Å². The molecule has 0 amide bonds. The van der Waals surface area contributed by atoms with Gasteiger partial charge in [0, 0.05) is 23.3 Å². The molecule has 0 saturated carbocycles. The maximum absolute atomic E-state index is 11.8. The molecule has 0 radical (unpaired) electrons. The number of hydrogen-bond donors (Lipinski definition) is 0. The Morgan fingerprint density at radius 2 is 1.18 bits per heavy atom. The van der Waals surface area contributed by atoms with Gasteiger partial charge in [-0.15, -0.1) is 0 Å². The second kappa shape index (κ2) is 8.01. The summed E-state index contributed by atoms with van der Waals surface area (Å²) in [6.07, 6.45) is 0. The minimum atomic E-state index is -0.910. The fourth-order valence-corrected chi connectivity index (χ4v) is 3.73. The smallest absolute Gasteiger partial charge is 0.285 e. The molecule has 170 valence electrons. The molecule has 0 atom stereocenters. The lowest BCUT2D eigenvalue weighted by molar-refractivity contribution is -0.395.